The molecule has 25 heavy (non-hydrogen) atoms. The van der Waals surface area contributed by atoms with E-state index in [1.165, 1.54) is 4.68 Å². The number of amides is 1. The van der Waals surface area contributed by atoms with E-state index in [9.17, 15) is 9.59 Å². The number of ether oxygens (including phenoxy) is 1. The summed E-state index contributed by atoms with van der Waals surface area (Å²) in [4.78, 5) is 26.4. The van der Waals surface area contributed by atoms with E-state index in [2.05, 4.69) is 5.10 Å². The van der Waals surface area contributed by atoms with Crippen LogP contribution < -0.4 is 5.73 Å². The van der Waals surface area contributed by atoms with E-state index in [0.717, 1.165) is 5.56 Å². The molecular formula is C18H22N4O3. The summed E-state index contributed by atoms with van der Waals surface area (Å²) in [6, 6.07) is 8.85. The lowest BCUT2D eigenvalue weighted by molar-refractivity contribution is 0.0221. The van der Waals surface area contributed by atoms with Gasteiger partial charge in [-0.1, -0.05) is 18.2 Å². The summed E-state index contributed by atoms with van der Waals surface area (Å²) in [6.07, 6.45) is 0.156. The Hall–Kier alpha value is -2.83. The highest BCUT2D eigenvalue weighted by molar-refractivity contribution is 5.97. The third-order valence-corrected chi connectivity index (χ3v) is 3.94. The Bertz CT molecular complexity index is 806. The molecule has 1 aromatic heterocycles. The first kappa shape index (κ1) is 17.0. The zero-order valence-corrected chi connectivity index (χ0v) is 14.7. The quantitative estimate of drug-likeness (QED) is 0.859. The Labute approximate surface area is 146 Å². The van der Waals surface area contributed by atoms with Crippen molar-refractivity contribution in [1.29, 1.82) is 0 Å². The molecule has 0 atom stereocenters. The molecule has 1 amide bonds. The van der Waals surface area contributed by atoms with E-state index >= 15 is 0 Å². The van der Waals surface area contributed by atoms with E-state index in [1.807, 2.05) is 26.8 Å². The second-order valence-corrected chi connectivity index (χ2v) is 7.05. The van der Waals surface area contributed by atoms with Crippen LogP contribution in [0.1, 0.15) is 42.4 Å². The summed E-state index contributed by atoms with van der Waals surface area (Å²) in [5.74, 6) is 0.0593. The Morgan fingerprint density at radius 3 is 2.52 bits per heavy atom. The maximum Gasteiger partial charge on any atom is 0.410 e. The van der Waals surface area contributed by atoms with Crippen LogP contribution in [-0.2, 0) is 17.7 Å². The van der Waals surface area contributed by atoms with Gasteiger partial charge in [0.25, 0.3) is 5.91 Å². The van der Waals surface area contributed by atoms with Gasteiger partial charge in [0.1, 0.15) is 11.4 Å². The van der Waals surface area contributed by atoms with E-state index < -0.39 is 5.60 Å². The lowest BCUT2D eigenvalue weighted by Crippen LogP contribution is -2.39. The third kappa shape index (κ3) is 3.50. The topological polar surface area (TPSA) is 90.5 Å². The zero-order chi connectivity index (χ0) is 18.2. The minimum atomic E-state index is -0.557. The molecule has 0 radical (unpaired) electrons. The predicted octanol–water partition coefficient (Wildman–Crippen LogP) is 2.45. The third-order valence-electron chi connectivity index (χ3n) is 3.94. The molecule has 1 aliphatic heterocycles. The fourth-order valence-corrected chi connectivity index (χ4v) is 2.76. The van der Waals surface area contributed by atoms with Crippen molar-refractivity contribution >= 4 is 17.8 Å². The SMILES string of the molecule is CC(C)(C)OC(=O)N1CCc2c(nn(C(=O)c3ccccc3)c2N)C1. The smallest absolute Gasteiger partial charge is 0.410 e. The van der Waals surface area contributed by atoms with Crippen molar-refractivity contribution in [3.05, 3.63) is 47.2 Å². The van der Waals surface area contributed by atoms with Crippen molar-refractivity contribution < 1.29 is 14.3 Å². The Balaban J connectivity index is 1.83. The molecule has 0 spiro atoms. The molecule has 0 unspecified atom stereocenters. The number of benzene rings is 1. The first-order valence-corrected chi connectivity index (χ1v) is 8.20. The van der Waals surface area contributed by atoms with Crippen LogP contribution in [0.4, 0.5) is 10.6 Å². The fourth-order valence-electron chi connectivity index (χ4n) is 2.76. The molecule has 2 N–H and O–H groups in total. The first-order chi connectivity index (χ1) is 11.8. The minimum absolute atomic E-state index is 0.281. The molecule has 2 aromatic rings. The van der Waals surface area contributed by atoms with Gasteiger partial charge in [-0.3, -0.25) is 4.79 Å². The molecule has 0 saturated heterocycles. The van der Waals surface area contributed by atoms with Gasteiger partial charge in [0.15, 0.2) is 0 Å². The molecule has 1 aliphatic rings. The van der Waals surface area contributed by atoms with Gasteiger partial charge < -0.3 is 15.4 Å². The van der Waals surface area contributed by atoms with Gasteiger partial charge in [-0.15, -0.1) is 0 Å². The van der Waals surface area contributed by atoms with Crippen LogP contribution in [-0.4, -0.2) is 38.8 Å². The number of aromatic nitrogens is 2. The number of nitrogen functional groups attached to an aromatic ring is 1. The summed E-state index contributed by atoms with van der Waals surface area (Å²) in [5.41, 5.74) is 7.55. The summed E-state index contributed by atoms with van der Waals surface area (Å²) in [7, 11) is 0. The van der Waals surface area contributed by atoms with E-state index in [4.69, 9.17) is 10.5 Å². The van der Waals surface area contributed by atoms with Crippen molar-refractivity contribution in [1.82, 2.24) is 14.7 Å². The molecule has 3 rings (SSSR count). The van der Waals surface area contributed by atoms with Gasteiger partial charge in [0.05, 0.1) is 12.2 Å². The number of nitrogens with two attached hydrogens (primary N) is 1. The van der Waals surface area contributed by atoms with Gasteiger partial charge in [0, 0.05) is 17.7 Å². The van der Waals surface area contributed by atoms with Gasteiger partial charge in [-0.25, -0.2) is 4.79 Å². The Morgan fingerprint density at radius 2 is 1.88 bits per heavy atom. The van der Waals surface area contributed by atoms with Crippen molar-refractivity contribution in [3.63, 3.8) is 0 Å². The van der Waals surface area contributed by atoms with Crippen LogP contribution in [0.25, 0.3) is 0 Å². The predicted molar refractivity (Wildman–Crippen MR) is 93.2 cm³/mol. The first-order valence-electron chi connectivity index (χ1n) is 8.20. The lowest BCUT2D eigenvalue weighted by Gasteiger charge is -2.29. The number of anilines is 1. The molecule has 0 fully saturated rings. The highest BCUT2D eigenvalue weighted by Gasteiger charge is 2.30. The van der Waals surface area contributed by atoms with Crippen LogP contribution in [0.3, 0.4) is 0 Å². The summed E-state index contributed by atoms with van der Waals surface area (Å²) >= 11 is 0. The number of rotatable bonds is 1. The fraction of sp³-hybridized carbons (Fsp3) is 0.389. The number of hydrogen-bond donors (Lipinski definition) is 1. The number of nitrogens with zero attached hydrogens (tertiary/aromatic N) is 3. The average Bonchev–Trinajstić information content (AvgIpc) is 2.90. The van der Waals surface area contributed by atoms with Crippen LogP contribution in [0.5, 0.6) is 0 Å². The molecule has 132 valence electrons. The van der Waals surface area contributed by atoms with E-state index in [-0.39, 0.29) is 18.5 Å². The maximum absolute atomic E-state index is 12.6. The Kier molecular flexibility index (Phi) is 4.24. The van der Waals surface area contributed by atoms with Gasteiger partial charge in [0.2, 0.25) is 0 Å². The van der Waals surface area contributed by atoms with Gasteiger partial charge in [-0.2, -0.15) is 9.78 Å². The minimum Gasteiger partial charge on any atom is -0.444 e. The van der Waals surface area contributed by atoms with Gasteiger partial charge >= 0.3 is 6.09 Å². The van der Waals surface area contributed by atoms with Crippen molar-refractivity contribution in [3.8, 4) is 0 Å². The highest BCUT2D eigenvalue weighted by atomic mass is 16.6. The standard InChI is InChI=1S/C18H22N4O3/c1-18(2,3)25-17(24)21-10-9-13-14(11-21)20-22(15(13)19)16(23)12-7-5-4-6-8-12/h4-8H,9-11,19H2,1-3H3. The number of hydrogen-bond acceptors (Lipinski definition) is 5. The number of fused-ring (bicyclic) bond motifs is 1. The lowest BCUT2D eigenvalue weighted by atomic mass is 10.1. The normalized spacial score (nSPS) is 14.1. The van der Waals surface area contributed by atoms with Crippen molar-refractivity contribution in [2.75, 3.05) is 12.3 Å². The summed E-state index contributed by atoms with van der Waals surface area (Å²) < 4.78 is 6.62. The molecule has 1 aromatic carbocycles. The molecule has 0 bridgehead atoms. The van der Waals surface area contributed by atoms with E-state index in [1.54, 1.807) is 29.2 Å². The summed E-state index contributed by atoms with van der Waals surface area (Å²) in [5, 5.41) is 4.35. The Morgan fingerprint density at radius 1 is 1.20 bits per heavy atom. The van der Waals surface area contributed by atoms with Crippen LogP contribution in [0.2, 0.25) is 0 Å². The van der Waals surface area contributed by atoms with Crippen LogP contribution in [0, 0.1) is 0 Å². The van der Waals surface area contributed by atoms with Gasteiger partial charge in [-0.05, 0) is 39.3 Å². The molecule has 2 heterocycles. The summed E-state index contributed by atoms with van der Waals surface area (Å²) in [6.45, 7) is 6.24. The number of carbonyl (C=O) groups is 2. The maximum atomic E-state index is 12.6. The van der Waals surface area contributed by atoms with Crippen LogP contribution >= 0.6 is 0 Å². The molecule has 0 saturated carbocycles. The van der Waals surface area contributed by atoms with Crippen molar-refractivity contribution in [2.45, 2.75) is 39.3 Å². The molecular weight excluding hydrogens is 320 g/mol. The average molecular weight is 342 g/mol. The van der Waals surface area contributed by atoms with Crippen LogP contribution in [0.15, 0.2) is 30.3 Å². The second kappa shape index (κ2) is 6.23. The molecule has 7 heteroatoms. The second-order valence-electron chi connectivity index (χ2n) is 7.05. The molecule has 0 aliphatic carbocycles. The number of carbonyl (C=O) groups excluding carboxylic acids is 2. The largest absolute Gasteiger partial charge is 0.444 e. The van der Waals surface area contributed by atoms with E-state index in [0.29, 0.717) is 30.0 Å². The zero-order valence-electron chi connectivity index (χ0n) is 14.7. The van der Waals surface area contributed by atoms with Crippen molar-refractivity contribution in [2.24, 2.45) is 0 Å². The molecule has 7 nitrogen and oxygen atoms in total. The highest BCUT2D eigenvalue weighted by Crippen LogP contribution is 2.25. The monoisotopic (exact) mass is 342 g/mol.